The molecule has 1 heterocycles. The number of nitrogens with one attached hydrogen (secondary N) is 1. The molecule has 0 aliphatic rings. The molecule has 0 aromatic carbocycles. The molecule has 1 aromatic rings. The Labute approximate surface area is 103 Å². The predicted molar refractivity (Wildman–Crippen MR) is 71.1 cm³/mol. The quantitative estimate of drug-likeness (QED) is 0.802. The maximum Gasteiger partial charge on any atom is 0.0741 e. The molecule has 0 saturated carbocycles. The summed E-state index contributed by atoms with van der Waals surface area (Å²) >= 11 is 1.85. The normalized spacial score (nSPS) is 17.1. The van der Waals surface area contributed by atoms with Crippen molar-refractivity contribution in [2.24, 2.45) is 0 Å². The summed E-state index contributed by atoms with van der Waals surface area (Å²) in [6.45, 7) is 8.85. The van der Waals surface area contributed by atoms with Crippen molar-refractivity contribution in [2.75, 3.05) is 6.54 Å². The molecule has 0 radical (unpaired) electrons. The minimum Gasteiger partial charge on any atom is -0.389 e. The van der Waals surface area contributed by atoms with Crippen molar-refractivity contribution in [1.29, 1.82) is 0 Å². The van der Waals surface area contributed by atoms with Crippen molar-refractivity contribution in [3.05, 3.63) is 21.9 Å². The van der Waals surface area contributed by atoms with Crippen LogP contribution < -0.4 is 5.32 Å². The molecule has 2 atom stereocenters. The van der Waals surface area contributed by atoms with E-state index < -0.39 is 5.60 Å². The van der Waals surface area contributed by atoms with Crippen LogP contribution in [0.4, 0.5) is 0 Å². The summed E-state index contributed by atoms with van der Waals surface area (Å²) < 4.78 is 0. The lowest BCUT2D eigenvalue weighted by Gasteiger charge is -2.24. The highest BCUT2D eigenvalue weighted by Crippen LogP contribution is 2.17. The van der Waals surface area contributed by atoms with Crippen molar-refractivity contribution in [2.45, 2.75) is 52.2 Å². The van der Waals surface area contributed by atoms with Crippen molar-refractivity contribution in [3.63, 3.8) is 0 Å². The summed E-state index contributed by atoms with van der Waals surface area (Å²) in [5, 5.41) is 13.3. The Hall–Kier alpha value is -0.380. The third-order valence-corrected chi connectivity index (χ3v) is 3.92. The standard InChI is InChI=1S/C13H23NOS/c1-5-13(4,15)9-14-10(2)8-12-7-6-11(3)16-12/h6-7,10,14-15H,5,8-9H2,1-4H3. The van der Waals surface area contributed by atoms with Crippen LogP contribution in [0.2, 0.25) is 0 Å². The predicted octanol–water partition coefficient (Wildman–Crippen LogP) is 2.74. The van der Waals surface area contributed by atoms with Gasteiger partial charge in [-0.1, -0.05) is 6.92 Å². The van der Waals surface area contributed by atoms with E-state index in [4.69, 9.17) is 0 Å². The molecule has 0 bridgehead atoms. The monoisotopic (exact) mass is 241 g/mol. The molecule has 2 nitrogen and oxygen atoms in total. The molecule has 2 unspecified atom stereocenters. The summed E-state index contributed by atoms with van der Waals surface area (Å²) in [4.78, 5) is 2.77. The van der Waals surface area contributed by atoms with Gasteiger partial charge in [0.2, 0.25) is 0 Å². The van der Waals surface area contributed by atoms with Crippen molar-refractivity contribution >= 4 is 11.3 Å². The Morgan fingerprint density at radius 2 is 2.19 bits per heavy atom. The van der Waals surface area contributed by atoms with E-state index in [-0.39, 0.29) is 0 Å². The van der Waals surface area contributed by atoms with E-state index in [1.54, 1.807) is 0 Å². The number of aliphatic hydroxyl groups is 1. The first-order valence-corrected chi connectivity index (χ1v) is 6.75. The SMILES string of the molecule is CCC(C)(O)CNC(C)Cc1ccc(C)s1. The third kappa shape index (κ3) is 4.64. The van der Waals surface area contributed by atoms with Gasteiger partial charge in [-0.2, -0.15) is 0 Å². The van der Waals surface area contributed by atoms with Crippen LogP contribution in [-0.2, 0) is 6.42 Å². The van der Waals surface area contributed by atoms with Gasteiger partial charge in [-0.15, -0.1) is 11.3 Å². The number of hydrogen-bond acceptors (Lipinski definition) is 3. The third-order valence-electron chi connectivity index (χ3n) is 2.90. The maximum atomic E-state index is 9.88. The van der Waals surface area contributed by atoms with Crippen LogP contribution in [-0.4, -0.2) is 23.3 Å². The molecule has 0 fully saturated rings. The first-order valence-electron chi connectivity index (χ1n) is 5.94. The smallest absolute Gasteiger partial charge is 0.0741 e. The summed E-state index contributed by atoms with van der Waals surface area (Å²) in [6, 6.07) is 4.77. The minimum atomic E-state index is -0.584. The van der Waals surface area contributed by atoms with Gasteiger partial charge in [-0.25, -0.2) is 0 Å². The van der Waals surface area contributed by atoms with E-state index >= 15 is 0 Å². The molecule has 0 amide bonds. The Balaban J connectivity index is 2.34. The minimum absolute atomic E-state index is 0.413. The zero-order chi connectivity index (χ0) is 12.2. The highest BCUT2D eigenvalue weighted by molar-refractivity contribution is 7.11. The fraction of sp³-hybridized carbons (Fsp3) is 0.692. The Morgan fingerprint density at radius 1 is 1.50 bits per heavy atom. The van der Waals surface area contributed by atoms with Crippen LogP contribution in [0.5, 0.6) is 0 Å². The second-order valence-electron chi connectivity index (χ2n) is 4.85. The molecule has 0 aliphatic heterocycles. The average molecular weight is 241 g/mol. The van der Waals surface area contributed by atoms with Crippen LogP contribution in [0.1, 0.15) is 36.9 Å². The summed E-state index contributed by atoms with van der Waals surface area (Å²) in [5.41, 5.74) is -0.584. The molecule has 0 aliphatic carbocycles. The van der Waals surface area contributed by atoms with Crippen LogP contribution in [0.25, 0.3) is 0 Å². The fourth-order valence-electron chi connectivity index (χ4n) is 1.49. The number of hydrogen-bond donors (Lipinski definition) is 2. The van der Waals surface area contributed by atoms with Crippen molar-refractivity contribution < 1.29 is 5.11 Å². The van der Waals surface area contributed by atoms with E-state index in [9.17, 15) is 5.11 Å². The van der Waals surface area contributed by atoms with Gasteiger partial charge in [0.25, 0.3) is 0 Å². The molecule has 3 heteroatoms. The first kappa shape index (κ1) is 13.7. The Kier molecular flexibility index (Phi) is 4.96. The van der Waals surface area contributed by atoms with Crippen LogP contribution in [0, 0.1) is 6.92 Å². The lowest BCUT2D eigenvalue weighted by Crippen LogP contribution is -2.41. The largest absolute Gasteiger partial charge is 0.389 e. The van der Waals surface area contributed by atoms with E-state index in [1.165, 1.54) is 9.75 Å². The lowest BCUT2D eigenvalue weighted by molar-refractivity contribution is 0.0534. The fourth-order valence-corrected chi connectivity index (χ4v) is 2.51. The second-order valence-corrected chi connectivity index (χ2v) is 6.22. The van der Waals surface area contributed by atoms with Gasteiger partial charge >= 0.3 is 0 Å². The molecule has 2 N–H and O–H groups in total. The van der Waals surface area contributed by atoms with E-state index in [2.05, 4.69) is 31.3 Å². The summed E-state index contributed by atoms with van der Waals surface area (Å²) in [6.07, 6.45) is 1.82. The molecular formula is C13H23NOS. The van der Waals surface area contributed by atoms with Crippen molar-refractivity contribution in [3.8, 4) is 0 Å². The lowest BCUT2D eigenvalue weighted by atomic mass is 10.0. The number of aryl methyl sites for hydroxylation is 1. The molecule has 1 rings (SSSR count). The zero-order valence-corrected chi connectivity index (χ0v) is 11.5. The highest BCUT2D eigenvalue weighted by Gasteiger charge is 2.18. The van der Waals surface area contributed by atoms with Gasteiger partial charge < -0.3 is 10.4 Å². The molecular weight excluding hydrogens is 218 g/mol. The molecule has 0 spiro atoms. The summed E-state index contributed by atoms with van der Waals surface area (Å²) in [5.74, 6) is 0. The average Bonchev–Trinajstić information content (AvgIpc) is 2.61. The summed E-state index contributed by atoms with van der Waals surface area (Å²) in [7, 11) is 0. The van der Waals surface area contributed by atoms with Gasteiger partial charge in [0, 0.05) is 22.3 Å². The van der Waals surface area contributed by atoms with Gasteiger partial charge in [-0.05, 0) is 45.7 Å². The number of thiophene rings is 1. The van der Waals surface area contributed by atoms with Crippen molar-refractivity contribution in [1.82, 2.24) is 5.32 Å². The van der Waals surface area contributed by atoms with E-state index in [0.717, 1.165) is 12.8 Å². The highest BCUT2D eigenvalue weighted by atomic mass is 32.1. The van der Waals surface area contributed by atoms with Crippen LogP contribution in [0.15, 0.2) is 12.1 Å². The van der Waals surface area contributed by atoms with Crippen LogP contribution >= 0.6 is 11.3 Å². The maximum absolute atomic E-state index is 9.88. The van der Waals surface area contributed by atoms with Crippen LogP contribution in [0.3, 0.4) is 0 Å². The molecule has 16 heavy (non-hydrogen) atoms. The molecule has 0 saturated heterocycles. The zero-order valence-electron chi connectivity index (χ0n) is 10.7. The van der Waals surface area contributed by atoms with Gasteiger partial charge in [0.1, 0.15) is 0 Å². The second kappa shape index (κ2) is 5.80. The first-order chi connectivity index (χ1) is 7.43. The molecule has 92 valence electrons. The molecule has 1 aromatic heterocycles. The Morgan fingerprint density at radius 3 is 2.69 bits per heavy atom. The number of rotatable bonds is 6. The van der Waals surface area contributed by atoms with E-state index in [0.29, 0.717) is 12.6 Å². The van der Waals surface area contributed by atoms with Gasteiger partial charge in [0.05, 0.1) is 5.60 Å². The van der Waals surface area contributed by atoms with Gasteiger partial charge in [-0.3, -0.25) is 0 Å². The van der Waals surface area contributed by atoms with Gasteiger partial charge in [0.15, 0.2) is 0 Å². The topological polar surface area (TPSA) is 32.3 Å². The van der Waals surface area contributed by atoms with E-state index in [1.807, 2.05) is 25.2 Å². The Bertz CT molecular complexity index is 319.